The Kier molecular flexibility index (Phi) is 7.97. The van der Waals surface area contributed by atoms with Gasteiger partial charge in [0.1, 0.15) is 5.82 Å². The predicted octanol–water partition coefficient (Wildman–Crippen LogP) is 1.71. The van der Waals surface area contributed by atoms with Crippen LogP contribution < -0.4 is 26.8 Å². The van der Waals surface area contributed by atoms with E-state index in [1.54, 1.807) is 6.92 Å². The second-order valence-corrected chi connectivity index (χ2v) is 8.62. The first kappa shape index (κ1) is 24.6. The van der Waals surface area contributed by atoms with Crippen molar-refractivity contribution in [2.75, 3.05) is 54.8 Å². The number of unbranched alkanes of at least 4 members (excludes halogenated alkanes) is 1. The summed E-state index contributed by atoms with van der Waals surface area (Å²) in [7, 11) is 0. The molecule has 3 N–H and O–H groups in total. The molecule has 3 rings (SSSR count). The van der Waals surface area contributed by atoms with Crippen molar-refractivity contribution < 1.29 is 4.79 Å². The Morgan fingerprint density at radius 1 is 1.12 bits per heavy atom. The lowest BCUT2D eigenvalue weighted by Crippen LogP contribution is -2.51. The number of aromatic nitrogens is 2. The maximum Gasteiger partial charge on any atom is 0.330 e. The quantitative estimate of drug-likeness (QED) is 0.626. The Morgan fingerprint density at radius 2 is 1.82 bits per heavy atom. The molecule has 1 fully saturated rings. The summed E-state index contributed by atoms with van der Waals surface area (Å²) in [6.07, 6.45) is 1.63. The Morgan fingerprint density at radius 3 is 2.45 bits per heavy atom. The van der Waals surface area contributed by atoms with Gasteiger partial charge in [0.15, 0.2) is 5.69 Å². The Balaban J connectivity index is 1.72. The van der Waals surface area contributed by atoms with Gasteiger partial charge >= 0.3 is 5.69 Å². The summed E-state index contributed by atoms with van der Waals surface area (Å²) in [5.74, 6) is -0.150. The predicted molar refractivity (Wildman–Crippen MR) is 133 cm³/mol. The lowest BCUT2D eigenvalue weighted by molar-refractivity contribution is -0.119. The smallest absolute Gasteiger partial charge is 0.330 e. The Hall–Kier alpha value is -3.07. The maximum atomic E-state index is 13.2. The highest BCUT2D eigenvalue weighted by molar-refractivity contribution is 5.96. The normalized spacial score (nSPS) is 14.5. The summed E-state index contributed by atoms with van der Waals surface area (Å²) in [4.78, 5) is 46.2. The van der Waals surface area contributed by atoms with E-state index in [2.05, 4.69) is 46.8 Å². The molecule has 0 bridgehead atoms. The number of anilines is 3. The SMILES string of the molecule is CCCCn1c(N)c(N(CC)C(=O)CN2CCN(c3cccc(C)c3C)CC2)c(=O)[nH]c1=O. The summed E-state index contributed by atoms with van der Waals surface area (Å²) in [6, 6.07) is 6.34. The van der Waals surface area contributed by atoms with Gasteiger partial charge in [0.05, 0.1) is 6.54 Å². The molecule has 1 aliphatic heterocycles. The number of rotatable bonds is 8. The second-order valence-electron chi connectivity index (χ2n) is 8.62. The van der Waals surface area contributed by atoms with Crippen LogP contribution in [0.3, 0.4) is 0 Å². The molecular weight excluding hydrogens is 420 g/mol. The molecule has 0 saturated carbocycles. The second kappa shape index (κ2) is 10.7. The molecule has 0 unspecified atom stereocenters. The van der Waals surface area contributed by atoms with Crippen LogP contribution in [0, 0.1) is 13.8 Å². The number of hydrogen-bond acceptors (Lipinski definition) is 6. The third-order valence-corrected chi connectivity index (χ3v) is 6.48. The molecule has 1 aliphatic rings. The number of nitrogen functional groups attached to an aromatic ring is 1. The highest BCUT2D eigenvalue weighted by Crippen LogP contribution is 2.24. The first-order valence-electron chi connectivity index (χ1n) is 11.7. The van der Waals surface area contributed by atoms with Crippen LogP contribution in [-0.2, 0) is 11.3 Å². The summed E-state index contributed by atoms with van der Waals surface area (Å²) >= 11 is 0. The van der Waals surface area contributed by atoms with Crippen LogP contribution in [-0.4, -0.2) is 59.6 Å². The van der Waals surface area contributed by atoms with Gasteiger partial charge in [-0.05, 0) is 44.4 Å². The summed E-state index contributed by atoms with van der Waals surface area (Å²) in [6.45, 7) is 12.1. The topological polar surface area (TPSA) is 108 Å². The van der Waals surface area contributed by atoms with Crippen LogP contribution in [0.25, 0.3) is 0 Å². The molecule has 1 saturated heterocycles. The molecular formula is C24H36N6O3. The standard InChI is InChI=1S/C24H36N6O3/c1-5-7-11-30-22(25)21(23(32)26-24(30)33)29(6-2)20(31)16-27-12-14-28(15-13-27)19-10-8-9-17(3)18(19)4/h8-10H,5-7,11-16,25H2,1-4H3,(H,26,32,33). The van der Waals surface area contributed by atoms with Crippen molar-refractivity contribution in [3.05, 3.63) is 50.2 Å². The number of benzene rings is 1. The Labute approximate surface area is 194 Å². The van der Waals surface area contributed by atoms with E-state index >= 15 is 0 Å². The summed E-state index contributed by atoms with van der Waals surface area (Å²) < 4.78 is 1.35. The van der Waals surface area contributed by atoms with Crippen LogP contribution in [0.1, 0.15) is 37.8 Å². The number of nitrogens with two attached hydrogens (primary N) is 1. The van der Waals surface area contributed by atoms with Gasteiger partial charge in [-0.2, -0.15) is 0 Å². The number of aryl methyl sites for hydroxylation is 1. The number of carbonyl (C=O) groups is 1. The molecule has 9 heteroatoms. The number of nitrogens with zero attached hydrogens (tertiary/aromatic N) is 4. The lowest BCUT2D eigenvalue weighted by atomic mass is 10.1. The molecule has 0 spiro atoms. The minimum atomic E-state index is -0.625. The molecule has 1 aromatic carbocycles. The van der Waals surface area contributed by atoms with Crippen molar-refractivity contribution >= 4 is 23.1 Å². The Bertz CT molecular complexity index is 1100. The van der Waals surface area contributed by atoms with Gasteiger partial charge in [-0.15, -0.1) is 0 Å². The van der Waals surface area contributed by atoms with Gasteiger partial charge in [-0.3, -0.25) is 24.0 Å². The average Bonchev–Trinajstić information content (AvgIpc) is 2.78. The van der Waals surface area contributed by atoms with E-state index in [1.807, 2.05) is 6.92 Å². The van der Waals surface area contributed by atoms with Gasteiger partial charge in [-0.1, -0.05) is 25.5 Å². The van der Waals surface area contributed by atoms with Gasteiger partial charge in [0.2, 0.25) is 5.91 Å². The van der Waals surface area contributed by atoms with Crippen molar-refractivity contribution in [3.8, 4) is 0 Å². The molecule has 0 atom stereocenters. The zero-order valence-electron chi connectivity index (χ0n) is 20.2. The third kappa shape index (κ3) is 5.30. The van der Waals surface area contributed by atoms with Crippen molar-refractivity contribution in [1.29, 1.82) is 0 Å². The fourth-order valence-corrected chi connectivity index (χ4v) is 4.34. The van der Waals surface area contributed by atoms with E-state index in [0.717, 1.165) is 39.0 Å². The zero-order valence-corrected chi connectivity index (χ0v) is 20.2. The minimum absolute atomic E-state index is 0.0483. The van der Waals surface area contributed by atoms with Crippen molar-refractivity contribution in [2.45, 2.75) is 47.1 Å². The lowest BCUT2D eigenvalue weighted by Gasteiger charge is -2.37. The number of carbonyl (C=O) groups excluding carboxylic acids is 1. The van der Waals surface area contributed by atoms with Crippen LogP contribution >= 0.6 is 0 Å². The number of aromatic amines is 1. The molecule has 2 heterocycles. The number of likely N-dealkylation sites (N-methyl/N-ethyl adjacent to an activating group) is 1. The molecule has 0 aliphatic carbocycles. The van der Waals surface area contributed by atoms with E-state index < -0.39 is 11.2 Å². The molecule has 1 amide bonds. The number of nitrogens with one attached hydrogen (secondary N) is 1. The highest BCUT2D eigenvalue weighted by atomic mass is 16.2. The highest BCUT2D eigenvalue weighted by Gasteiger charge is 2.26. The largest absolute Gasteiger partial charge is 0.383 e. The number of hydrogen-bond donors (Lipinski definition) is 2. The van der Waals surface area contributed by atoms with E-state index in [9.17, 15) is 14.4 Å². The van der Waals surface area contributed by atoms with Crippen LogP contribution in [0.15, 0.2) is 27.8 Å². The molecule has 1 aromatic heterocycles. The van der Waals surface area contributed by atoms with Crippen LogP contribution in [0.4, 0.5) is 17.2 Å². The minimum Gasteiger partial charge on any atom is -0.383 e. The monoisotopic (exact) mass is 456 g/mol. The van der Waals surface area contributed by atoms with Gasteiger partial charge in [-0.25, -0.2) is 4.79 Å². The van der Waals surface area contributed by atoms with Gasteiger partial charge in [0.25, 0.3) is 5.56 Å². The molecule has 0 radical (unpaired) electrons. The fourth-order valence-electron chi connectivity index (χ4n) is 4.34. The van der Waals surface area contributed by atoms with Gasteiger partial charge in [0, 0.05) is 45.0 Å². The average molecular weight is 457 g/mol. The molecule has 2 aromatic rings. The van der Waals surface area contributed by atoms with E-state index in [0.29, 0.717) is 13.1 Å². The van der Waals surface area contributed by atoms with E-state index in [-0.39, 0.29) is 24.0 Å². The number of piperazine rings is 1. The third-order valence-electron chi connectivity index (χ3n) is 6.48. The zero-order chi connectivity index (χ0) is 24.1. The van der Waals surface area contributed by atoms with Crippen molar-refractivity contribution in [3.63, 3.8) is 0 Å². The van der Waals surface area contributed by atoms with E-state index in [1.165, 1.54) is 26.3 Å². The van der Waals surface area contributed by atoms with Gasteiger partial charge < -0.3 is 15.5 Å². The molecule has 180 valence electrons. The number of H-pyrrole nitrogens is 1. The van der Waals surface area contributed by atoms with Crippen LogP contribution in [0.2, 0.25) is 0 Å². The van der Waals surface area contributed by atoms with Crippen LogP contribution in [0.5, 0.6) is 0 Å². The fraction of sp³-hybridized carbons (Fsp3) is 0.542. The van der Waals surface area contributed by atoms with Crippen molar-refractivity contribution in [1.82, 2.24) is 14.5 Å². The van der Waals surface area contributed by atoms with Crippen molar-refractivity contribution in [2.24, 2.45) is 0 Å². The first-order valence-corrected chi connectivity index (χ1v) is 11.7. The molecule has 33 heavy (non-hydrogen) atoms. The summed E-state index contributed by atoms with van der Waals surface area (Å²) in [5, 5.41) is 0. The maximum absolute atomic E-state index is 13.2. The molecule has 9 nitrogen and oxygen atoms in total. The summed E-state index contributed by atoms with van der Waals surface area (Å²) in [5.41, 5.74) is 8.90. The first-order chi connectivity index (χ1) is 15.8. The number of amides is 1. The van der Waals surface area contributed by atoms with E-state index in [4.69, 9.17) is 5.73 Å².